The molecule has 3 nitrogen and oxygen atoms in total. The first-order valence-corrected chi connectivity index (χ1v) is 10.3. The molecule has 0 bridgehead atoms. The first kappa shape index (κ1) is 17.9. The Labute approximate surface area is 142 Å². The van der Waals surface area contributed by atoms with Crippen molar-refractivity contribution in [1.29, 1.82) is 0 Å². The fourth-order valence-corrected chi connectivity index (χ4v) is 3.70. The van der Waals surface area contributed by atoms with Crippen molar-refractivity contribution in [3.05, 3.63) is 59.7 Å². The molecular formula is C18H22ClO3P. The molecule has 0 aromatic heterocycles. The van der Waals surface area contributed by atoms with E-state index < -0.39 is 6.95 Å². The standard InChI is InChI=1S/C18H22ClO3P/c1-3-9-15-11-5-7-13-17(15)21-23(19,20)22-18-14-8-6-12-16(18)10-4-2/h5-8,11-14H,3-4,9-10H2,1-2H3. The lowest BCUT2D eigenvalue weighted by Gasteiger charge is -2.17. The van der Waals surface area contributed by atoms with Gasteiger partial charge in [0.25, 0.3) is 0 Å². The van der Waals surface area contributed by atoms with Crippen LogP contribution in [0.25, 0.3) is 0 Å². The Bertz CT molecular complexity index is 632. The van der Waals surface area contributed by atoms with Gasteiger partial charge in [-0.1, -0.05) is 63.1 Å². The van der Waals surface area contributed by atoms with Crippen LogP contribution in [-0.4, -0.2) is 0 Å². The first-order valence-electron chi connectivity index (χ1n) is 7.90. The van der Waals surface area contributed by atoms with Gasteiger partial charge in [0, 0.05) is 11.2 Å². The number of hydrogen-bond donors (Lipinski definition) is 0. The number of para-hydroxylation sites is 2. The van der Waals surface area contributed by atoms with Crippen LogP contribution in [0.2, 0.25) is 0 Å². The van der Waals surface area contributed by atoms with E-state index in [0.29, 0.717) is 11.5 Å². The normalized spacial score (nSPS) is 11.3. The molecular weight excluding hydrogens is 331 g/mol. The molecule has 0 radical (unpaired) electrons. The smallest absolute Gasteiger partial charge is 0.404 e. The molecule has 2 aromatic rings. The predicted octanol–water partition coefficient (Wildman–Crippen LogP) is 6.40. The largest absolute Gasteiger partial charge is 0.530 e. The van der Waals surface area contributed by atoms with Crippen molar-refractivity contribution in [3.63, 3.8) is 0 Å². The molecule has 0 fully saturated rings. The Balaban J connectivity index is 2.18. The van der Waals surface area contributed by atoms with Crippen molar-refractivity contribution < 1.29 is 13.6 Å². The second-order valence-electron chi connectivity index (χ2n) is 5.33. The number of benzene rings is 2. The van der Waals surface area contributed by atoms with Gasteiger partial charge in [0.1, 0.15) is 11.5 Å². The van der Waals surface area contributed by atoms with E-state index in [4.69, 9.17) is 20.3 Å². The molecule has 0 saturated heterocycles. The van der Waals surface area contributed by atoms with Gasteiger partial charge in [0.05, 0.1) is 0 Å². The Morgan fingerprint density at radius 3 is 1.61 bits per heavy atom. The summed E-state index contributed by atoms with van der Waals surface area (Å²) in [6, 6.07) is 14.9. The topological polar surface area (TPSA) is 35.5 Å². The zero-order valence-corrected chi connectivity index (χ0v) is 15.1. The first-order chi connectivity index (χ1) is 11.1. The van der Waals surface area contributed by atoms with Crippen LogP contribution >= 0.6 is 18.2 Å². The van der Waals surface area contributed by atoms with Gasteiger partial charge in [0.2, 0.25) is 0 Å². The third-order valence-electron chi connectivity index (χ3n) is 3.40. The van der Waals surface area contributed by atoms with E-state index in [1.165, 1.54) is 0 Å². The number of hydrogen-bond acceptors (Lipinski definition) is 3. The summed E-state index contributed by atoms with van der Waals surface area (Å²) in [7, 11) is 0. The van der Waals surface area contributed by atoms with E-state index in [1.54, 1.807) is 12.1 Å². The molecule has 0 aliphatic carbocycles. The van der Waals surface area contributed by atoms with Crippen LogP contribution in [0.4, 0.5) is 0 Å². The lowest BCUT2D eigenvalue weighted by molar-refractivity contribution is 0.402. The van der Waals surface area contributed by atoms with Gasteiger partial charge in [-0.25, -0.2) is 4.57 Å². The van der Waals surface area contributed by atoms with Crippen molar-refractivity contribution in [3.8, 4) is 11.5 Å². The Morgan fingerprint density at radius 2 is 1.22 bits per heavy atom. The molecule has 124 valence electrons. The minimum atomic E-state index is -3.77. The number of halogens is 1. The zero-order chi connectivity index (χ0) is 16.7. The molecule has 0 aliphatic heterocycles. The van der Waals surface area contributed by atoms with Crippen LogP contribution < -0.4 is 9.05 Å². The minimum Gasteiger partial charge on any atom is -0.404 e. The van der Waals surface area contributed by atoms with Crippen LogP contribution in [0.15, 0.2) is 48.5 Å². The molecule has 0 spiro atoms. The van der Waals surface area contributed by atoms with Gasteiger partial charge < -0.3 is 9.05 Å². The molecule has 0 aliphatic rings. The Hall–Kier alpha value is -1.44. The maximum absolute atomic E-state index is 12.6. The maximum Gasteiger partial charge on any atom is 0.530 e. The SMILES string of the molecule is CCCc1ccccc1OP(=O)(Cl)Oc1ccccc1CCC. The highest BCUT2D eigenvalue weighted by Gasteiger charge is 2.26. The van der Waals surface area contributed by atoms with E-state index in [2.05, 4.69) is 13.8 Å². The third-order valence-corrected chi connectivity index (χ3v) is 4.64. The molecule has 2 aromatic carbocycles. The summed E-state index contributed by atoms with van der Waals surface area (Å²) in [5.74, 6) is 1.03. The van der Waals surface area contributed by atoms with Gasteiger partial charge in [-0.3, -0.25) is 0 Å². The van der Waals surface area contributed by atoms with Gasteiger partial charge in [-0.15, -0.1) is 0 Å². The van der Waals surface area contributed by atoms with Crippen LogP contribution in [0.1, 0.15) is 37.8 Å². The van der Waals surface area contributed by atoms with Gasteiger partial charge in [-0.05, 0) is 36.1 Å². The molecule has 2 rings (SSSR count). The van der Waals surface area contributed by atoms with Crippen molar-refractivity contribution in [1.82, 2.24) is 0 Å². The fraction of sp³-hybridized carbons (Fsp3) is 0.333. The van der Waals surface area contributed by atoms with Crippen LogP contribution in [0.5, 0.6) is 11.5 Å². The number of aryl methyl sites for hydroxylation is 2. The summed E-state index contributed by atoms with van der Waals surface area (Å²) < 4.78 is 23.6. The minimum absolute atomic E-state index is 0.514. The quantitative estimate of drug-likeness (QED) is 0.516. The summed E-state index contributed by atoms with van der Waals surface area (Å²) in [4.78, 5) is 0. The van der Waals surface area contributed by atoms with E-state index in [9.17, 15) is 4.57 Å². The monoisotopic (exact) mass is 352 g/mol. The Morgan fingerprint density at radius 1 is 0.826 bits per heavy atom. The van der Waals surface area contributed by atoms with Crippen LogP contribution in [0, 0.1) is 0 Å². The molecule has 0 saturated carbocycles. The van der Waals surface area contributed by atoms with E-state index in [0.717, 1.165) is 36.8 Å². The van der Waals surface area contributed by atoms with E-state index in [1.807, 2.05) is 36.4 Å². The summed E-state index contributed by atoms with van der Waals surface area (Å²) >= 11 is 6.06. The average Bonchev–Trinajstić information content (AvgIpc) is 2.51. The van der Waals surface area contributed by atoms with Gasteiger partial charge in [-0.2, -0.15) is 0 Å². The lowest BCUT2D eigenvalue weighted by Crippen LogP contribution is -2.00. The van der Waals surface area contributed by atoms with Crippen LogP contribution in [-0.2, 0) is 17.4 Å². The van der Waals surface area contributed by atoms with Gasteiger partial charge >= 0.3 is 6.95 Å². The maximum atomic E-state index is 12.6. The number of rotatable bonds is 8. The molecule has 0 amide bonds. The summed E-state index contributed by atoms with van der Waals surface area (Å²) in [5, 5.41) is 0. The van der Waals surface area contributed by atoms with Crippen LogP contribution in [0.3, 0.4) is 0 Å². The van der Waals surface area contributed by atoms with Crippen molar-refractivity contribution in [2.45, 2.75) is 39.5 Å². The predicted molar refractivity (Wildman–Crippen MR) is 95.6 cm³/mol. The van der Waals surface area contributed by atoms with E-state index in [-0.39, 0.29) is 0 Å². The molecule has 0 heterocycles. The second-order valence-corrected chi connectivity index (χ2v) is 7.80. The second kappa shape index (κ2) is 8.42. The fourth-order valence-electron chi connectivity index (χ4n) is 2.39. The highest BCUT2D eigenvalue weighted by molar-refractivity contribution is 7.82. The van der Waals surface area contributed by atoms with Gasteiger partial charge in [0.15, 0.2) is 0 Å². The molecule has 0 N–H and O–H groups in total. The Kier molecular flexibility index (Phi) is 6.56. The molecule has 0 unspecified atom stereocenters. The van der Waals surface area contributed by atoms with Crippen molar-refractivity contribution in [2.75, 3.05) is 0 Å². The van der Waals surface area contributed by atoms with E-state index >= 15 is 0 Å². The molecule has 5 heteroatoms. The lowest BCUT2D eigenvalue weighted by atomic mass is 10.1. The highest BCUT2D eigenvalue weighted by atomic mass is 35.7. The average molecular weight is 353 g/mol. The molecule has 23 heavy (non-hydrogen) atoms. The summed E-state index contributed by atoms with van der Waals surface area (Å²) in [5.41, 5.74) is 1.95. The van der Waals surface area contributed by atoms with Crippen molar-refractivity contribution in [2.24, 2.45) is 0 Å². The van der Waals surface area contributed by atoms with Crippen molar-refractivity contribution >= 4 is 18.2 Å². The summed E-state index contributed by atoms with van der Waals surface area (Å²) in [6.07, 6.45) is 3.60. The third kappa shape index (κ3) is 5.30. The zero-order valence-electron chi connectivity index (χ0n) is 13.5. The highest BCUT2D eigenvalue weighted by Crippen LogP contribution is 2.54. The molecule has 0 atom stereocenters. The summed E-state index contributed by atoms with van der Waals surface area (Å²) in [6.45, 7) is 0.391.